The summed E-state index contributed by atoms with van der Waals surface area (Å²) in [5.41, 5.74) is 3.83. The van der Waals surface area contributed by atoms with Crippen molar-refractivity contribution in [3.63, 3.8) is 0 Å². The monoisotopic (exact) mass is 305 g/mol. The highest BCUT2D eigenvalue weighted by molar-refractivity contribution is 9.10. The van der Waals surface area contributed by atoms with Crippen molar-refractivity contribution in [3.05, 3.63) is 46.2 Å². The van der Waals surface area contributed by atoms with Crippen molar-refractivity contribution in [1.29, 1.82) is 0 Å². The molecular weight excluding hydrogens is 290 g/mol. The summed E-state index contributed by atoms with van der Waals surface area (Å²) in [7, 11) is 1.98. The van der Waals surface area contributed by atoms with E-state index in [0.29, 0.717) is 5.92 Å². The molecule has 0 bridgehead atoms. The van der Waals surface area contributed by atoms with Crippen LogP contribution in [0.4, 0.5) is 0 Å². The van der Waals surface area contributed by atoms with Gasteiger partial charge in [0.2, 0.25) is 0 Å². The van der Waals surface area contributed by atoms with Gasteiger partial charge in [0, 0.05) is 22.5 Å². The highest BCUT2D eigenvalue weighted by Gasteiger charge is 2.30. The van der Waals surface area contributed by atoms with Crippen LogP contribution in [0.3, 0.4) is 0 Å². The maximum absolute atomic E-state index is 4.56. The molecule has 1 N–H and O–H groups in total. The molecule has 4 heteroatoms. The van der Waals surface area contributed by atoms with Crippen LogP contribution in [0.25, 0.3) is 5.69 Å². The molecule has 0 amide bonds. The van der Waals surface area contributed by atoms with Gasteiger partial charge in [-0.05, 0) is 38.1 Å². The lowest BCUT2D eigenvalue weighted by Crippen LogP contribution is -2.08. The zero-order valence-corrected chi connectivity index (χ0v) is 11.9. The zero-order valence-electron chi connectivity index (χ0n) is 10.4. The van der Waals surface area contributed by atoms with Gasteiger partial charge in [0.05, 0.1) is 17.6 Å². The number of hydrogen-bond donors (Lipinski definition) is 1. The van der Waals surface area contributed by atoms with Crippen LogP contribution in [0.15, 0.2) is 34.9 Å². The Morgan fingerprint density at radius 3 is 2.94 bits per heavy atom. The first-order chi connectivity index (χ1) is 8.79. The van der Waals surface area contributed by atoms with Gasteiger partial charge in [-0.1, -0.05) is 22.0 Å². The molecule has 1 heterocycles. The van der Waals surface area contributed by atoms with Crippen molar-refractivity contribution in [3.8, 4) is 5.69 Å². The van der Waals surface area contributed by atoms with Gasteiger partial charge in [-0.2, -0.15) is 5.10 Å². The van der Waals surface area contributed by atoms with E-state index in [1.165, 1.54) is 24.1 Å². The Balaban J connectivity index is 2.06. The Labute approximate surface area is 115 Å². The van der Waals surface area contributed by atoms with Crippen LogP contribution < -0.4 is 5.32 Å². The molecule has 1 aromatic heterocycles. The van der Waals surface area contributed by atoms with Gasteiger partial charge < -0.3 is 5.32 Å². The number of nitrogens with one attached hydrogen (secondary N) is 1. The summed E-state index contributed by atoms with van der Waals surface area (Å²) in [5, 5.41) is 7.78. The summed E-state index contributed by atoms with van der Waals surface area (Å²) in [6.07, 6.45) is 4.57. The van der Waals surface area contributed by atoms with Crippen molar-refractivity contribution < 1.29 is 0 Å². The third kappa shape index (κ3) is 2.22. The maximum Gasteiger partial charge on any atom is 0.0660 e. The number of rotatable bonds is 4. The molecule has 1 aliphatic carbocycles. The molecule has 3 rings (SSSR count). The van der Waals surface area contributed by atoms with Crippen LogP contribution >= 0.6 is 15.9 Å². The third-order valence-electron chi connectivity index (χ3n) is 3.27. The molecule has 1 aliphatic rings. The van der Waals surface area contributed by atoms with Gasteiger partial charge in [0.1, 0.15) is 0 Å². The van der Waals surface area contributed by atoms with Gasteiger partial charge >= 0.3 is 0 Å². The summed E-state index contributed by atoms with van der Waals surface area (Å²) >= 11 is 3.52. The molecule has 2 aromatic rings. The largest absolute Gasteiger partial charge is 0.316 e. The minimum absolute atomic E-state index is 0.690. The fourth-order valence-electron chi connectivity index (χ4n) is 2.32. The average Bonchev–Trinajstić information content (AvgIpc) is 3.11. The van der Waals surface area contributed by atoms with Crippen LogP contribution in [0, 0.1) is 0 Å². The van der Waals surface area contributed by atoms with Crippen molar-refractivity contribution in [2.45, 2.75) is 25.3 Å². The molecule has 1 fully saturated rings. The summed E-state index contributed by atoms with van der Waals surface area (Å²) in [4.78, 5) is 0. The van der Waals surface area contributed by atoms with Crippen LogP contribution in [0.1, 0.15) is 30.0 Å². The van der Waals surface area contributed by atoms with Crippen molar-refractivity contribution >= 4 is 15.9 Å². The van der Waals surface area contributed by atoms with Crippen LogP contribution in [0.5, 0.6) is 0 Å². The number of nitrogens with zero attached hydrogens (tertiary/aromatic N) is 2. The molecule has 0 radical (unpaired) electrons. The average molecular weight is 306 g/mol. The van der Waals surface area contributed by atoms with Crippen LogP contribution in [-0.2, 0) is 6.54 Å². The molecule has 18 heavy (non-hydrogen) atoms. The summed E-state index contributed by atoms with van der Waals surface area (Å²) in [6.45, 7) is 0.889. The van der Waals surface area contributed by atoms with Gasteiger partial charge in [-0.3, -0.25) is 0 Å². The molecule has 0 atom stereocenters. The van der Waals surface area contributed by atoms with E-state index in [2.05, 4.69) is 49.2 Å². The Kier molecular flexibility index (Phi) is 3.22. The Hall–Kier alpha value is -1.13. The molecular formula is C14H16BrN3. The minimum Gasteiger partial charge on any atom is -0.316 e. The fourth-order valence-corrected chi connectivity index (χ4v) is 2.71. The highest BCUT2D eigenvalue weighted by Crippen LogP contribution is 2.42. The van der Waals surface area contributed by atoms with Crippen molar-refractivity contribution in [2.24, 2.45) is 0 Å². The Morgan fingerprint density at radius 1 is 1.44 bits per heavy atom. The zero-order chi connectivity index (χ0) is 12.5. The van der Waals surface area contributed by atoms with Crippen LogP contribution in [0.2, 0.25) is 0 Å². The van der Waals surface area contributed by atoms with Gasteiger partial charge in [-0.15, -0.1) is 0 Å². The predicted molar refractivity (Wildman–Crippen MR) is 76.0 cm³/mol. The molecule has 1 aromatic carbocycles. The highest BCUT2D eigenvalue weighted by atomic mass is 79.9. The van der Waals surface area contributed by atoms with E-state index in [9.17, 15) is 0 Å². The molecule has 0 spiro atoms. The summed E-state index contributed by atoms with van der Waals surface area (Å²) in [6, 6.07) is 8.31. The first kappa shape index (κ1) is 11.9. The molecule has 3 nitrogen and oxygen atoms in total. The minimum atomic E-state index is 0.690. The van der Waals surface area contributed by atoms with Crippen molar-refractivity contribution in [2.75, 3.05) is 7.05 Å². The van der Waals surface area contributed by atoms with Gasteiger partial charge in [0.15, 0.2) is 0 Å². The topological polar surface area (TPSA) is 29.9 Å². The maximum atomic E-state index is 4.56. The lowest BCUT2D eigenvalue weighted by atomic mass is 10.1. The van der Waals surface area contributed by atoms with E-state index >= 15 is 0 Å². The molecule has 0 aliphatic heterocycles. The molecule has 0 unspecified atom stereocenters. The Bertz CT molecular complexity index is 558. The normalized spacial score (nSPS) is 15.0. The van der Waals surface area contributed by atoms with Gasteiger partial charge in [-0.25, -0.2) is 4.68 Å². The summed E-state index contributed by atoms with van der Waals surface area (Å²) in [5.74, 6) is 0.690. The number of benzene rings is 1. The van der Waals surface area contributed by atoms with Crippen LogP contribution in [-0.4, -0.2) is 16.8 Å². The number of halogens is 1. The van der Waals surface area contributed by atoms with E-state index in [-0.39, 0.29) is 0 Å². The molecule has 0 saturated heterocycles. The fraction of sp³-hybridized carbons (Fsp3) is 0.357. The first-order valence-corrected chi connectivity index (χ1v) is 7.06. The Morgan fingerprint density at radius 2 is 2.28 bits per heavy atom. The quantitative estimate of drug-likeness (QED) is 0.940. The van der Waals surface area contributed by atoms with E-state index in [4.69, 9.17) is 0 Å². The number of aromatic nitrogens is 2. The summed E-state index contributed by atoms with van der Waals surface area (Å²) < 4.78 is 3.18. The lowest BCUT2D eigenvalue weighted by Gasteiger charge is -2.09. The molecule has 1 saturated carbocycles. The molecule has 94 valence electrons. The van der Waals surface area contributed by atoms with E-state index in [1.54, 1.807) is 0 Å². The standard InChI is InChI=1S/C14H16BrN3/c1-16-8-11-9-17-18(14(11)10-5-6-10)13-4-2-3-12(15)7-13/h2-4,7,9-10,16H,5-6,8H2,1H3. The SMILES string of the molecule is CNCc1cnn(-c2cccc(Br)c2)c1C1CC1. The van der Waals surface area contributed by atoms with Gasteiger partial charge in [0.25, 0.3) is 0 Å². The van der Waals surface area contributed by atoms with E-state index in [0.717, 1.165) is 16.7 Å². The second-order valence-electron chi connectivity index (χ2n) is 4.75. The second kappa shape index (κ2) is 4.86. The first-order valence-electron chi connectivity index (χ1n) is 6.27. The van der Waals surface area contributed by atoms with Crippen molar-refractivity contribution in [1.82, 2.24) is 15.1 Å². The predicted octanol–water partition coefficient (Wildman–Crippen LogP) is 3.23. The smallest absolute Gasteiger partial charge is 0.0660 e. The van der Waals surface area contributed by atoms with E-state index in [1.807, 2.05) is 19.3 Å². The second-order valence-corrected chi connectivity index (χ2v) is 5.67. The number of hydrogen-bond acceptors (Lipinski definition) is 2. The van der Waals surface area contributed by atoms with E-state index < -0.39 is 0 Å². The third-order valence-corrected chi connectivity index (χ3v) is 3.76. The lowest BCUT2D eigenvalue weighted by molar-refractivity contribution is 0.774.